The molecule has 144 valence electrons. The van der Waals surface area contributed by atoms with Crippen LogP contribution in [-0.4, -0.2) is 40.5 Å². The number of rotatable bonds is 3. The molecule has 1 aliphatic heterocycles. The number of aliphatic hydroxyl groups is 1. The Kier molecular flexibility index (Phi) is 7.80. The predicted octanol–water partition coefficient (Wildman–Crippen LogP) is 3.20. The Hall–Kier alpha value is -2.40. The molecule has 1 aliphatic rings. The van der Waals surface area contributed by atoms with Gasteiger partial charge in [0.1, 0.15) is 11.8 Å². The number of anilines is 1. The Morgan fingerprint density at radius 1 is 1.44 bits per heavy atom. The van der Waals surface area contributed by atoms with E-state index in [2.05, 4.69) is 16.0 Å². The van der Waals surface area contributed by atoms with Crippen LogP contribution in [-0.2, 0) is 4.74 Å². The molecule has 0 amide bonds. The van der Waals surface area contributed by atoms with Crippen molar-refractivity contribution in [3.63, 3.8) is 0 Å². The normalized spacial score (nSPS) is 16.2. The van der Waals surface area contributed by atoms with Gasteiger partial charge in [-0.3, -0.25) is 0 Å². The lowest BCUT2D eigenvalue weighted by Crippen LogP contribution is -2.21. The van der Waals surface area contributed by atoms with Crippen molar-refractivity contribution in [2.45, 2.75) is 38.9 Å². The summed E-state index contributed by atoms with van der Waals surface area (Å²) in [6.45, 7) is 5.17. The second-order valence-electron chi connectivity index (χ2n) is 6.29. The first kappa shape index (κ1) is 20.9. The molecule has 2 heterocycles. The minimum atomic E-state index is -0.186. The van der Waals surface area contributed by atoms with Crippen LogP contribution in [0.2, 0.25) is 5.02 Å². The molecule has 2 aromatic rings. The molecule has 1 aromatic heterocycles. The van der Waals surface area contributed by atoms with E-state index in [1.54, 1.807) is 18.2 Å². The topological polar surface area (TPSA) is 114 Å². The molecule has 3 rings (SSSR count). The van der Waals surface area contributed by atoms with Crippen LogP contribution in [0, 0.1) is 11.3 Å². The molecule has 7 nitrogen and oxygen atoms in total. The highest BCUT2D eigenvalue weighted by atomic mass is 35.5. The van der Waals surface area contributed by atoms with Crippen LogP contribution in [0.1, 0.15) is 32.3 Å². The Balaban J connectivity index is 0.000000313. The Morgan fingerprint density at radius 2 is 2.22 bits per heavy atom. The zero-order valence-corrected chi connectivity index (χ0v) is 16.1. The summed E-state index contributed by atoms with van der Waals surface area (Å²) in [6, 6.07) is 7.28. The fourth-order valence-electron chi connectivity index (χ4n) is 2.43. The lowest BCUT2D eigenvalue weighted by atomic mass is 10.1. The summed E-state index contributed by atoms with van der Waals surface area (Å²) in [5, 5.41) is 18.4. The van der Waals surface area contributed by atoms with Gasteiger partial charge in [-0.15, -0.1) is 0 Å². The van der Waals surface area contributed by atoms with Crippen LogP contribution in [0.4, 0.5) is 5.95 Å². The van der Waals surface area contributed by atoms with Gasteiger partial charge in [0.2, 0.25) is 5.95 Å². The molecule has 1 unspecified atom stereocenters. The van der Waals surface area contributed by atoms with Crippen molar-refractivity contribution < 1.29 is 14.6 Å². The van der Waals surface area contributed by atoms with Gasteiger partial charge in [0, 0.05) is 12.2 Å². The number of halogens is 1. The van der Waals surface area contributed by atoms with E-state index >= 15 is 0 Å². The largest absolute Gasteiger partial charge is 0.490 e. The molecule has 0 bridgehead atoms. The number of nitrogens with two attached hydrogens (primary N) is 1. The molecule has 1 aromatic carbocycles. The highest BCUT2D eigenvalue weighted by molar-refractivity contribution is 6.32. The lowest BCUT2D eigenvalue weighted by molar-refractivity contribution is -0.00535. The SMILES string of the molecule is CC(C)Oc1ccc(-c2nc(N)ncc2Cl)cc1C#N.OC1CCCOC1. The standard InChI is InChI=1S/C14H13ClN4O.C5H10O2/c1-8(2)20-12-4-3-9(5-10(12)6-16)13-11(15)7-18-14(17)19-13;6-5-2-1-3-7-4-5/h3-5,7-8H,1-2H3,(H2,17,18,19);5-6H,1-4H2. The summed E-state index contributed by atoms with van der Waals surface area (Å²) in [5.41, 5.74) is 7.17. The minimum absolute atomic E-state index is 0.00812. The van der Waals surface area contributed by atoms with Crippen molar-refractivity contribution in [3.8, 4) is 23.1 Å². The number of nitriles is 1. The summed E-state index contributed by atoms with van der Waals surface area (Å²) in [5.74, 6) is 0.662. The number of nitrogen functional groups attached to an aromatic ring is 1. The smallest absolute Gasteiger partial charge is 0.220 e. The molecule has 1 fully saturated rings. The first-order valence-corrected chi connectivity index (χ1v) is 9.03. The summed E-state index contributed by atoms with van der Waals surface area (Å²) in [7, 11) is 0. The first-order chi connectivity index (χ1) is 12.9. The van der Waals surface area contributed by atoms with E-state index in [1.165, 1.54) is 6.20 Å². The van der Waals surface area contributed by atoms with Crippen molar-refractivity contribution in [1.29, 1.82) is 5.26 Å². The third-order valence-electron chi connectivity index (χ3n) is 3.64. The van der Waals surface area contributed by atoms with Gasteiger partial charge >= 0.3 is 0 Å². The molecule has 8 heteroatoms. The second-order valence-corrected chi connectivity index (χ2v) is 6.69. The van der Waals surface area contributed by atoms with Crippen LogP contribution in [0.15, 0.2) is 24.4 Å². The van der Waals surface area contributed by atoms with E-state index in [0.29, 0.717) is 34.2 Å². The van der Waals surface area contributed by atoms with Gasteiger partial charge in [-0.05, 0) is 44.9 Å². The Bertz CT molecular complexity index is 802. The van der Waals surface area contributed by atoms with E-state index in [0.717, 1.165) is 19.4 Å². The third-order valence-corrected chi connectivity index (χ3v) is 3.91. The minimum Gasteiger partial charge on any atom is -0.490 e. The average molecular weight is 391 g/mol. The van der Waals surface area contributed by atoms with Crippen molar-refractivity contribution in [1.82, 2.24) is 9.97 Å². The van der Waals surface area contributed by atoms with Crippen molar-refractivity contribution in [2.75, 3.05) is 18.9 Å². The summed E-state index contributed by atoms with van der Waals surface area (Å²) in [4.78, 5) is 7.90. The number of ether oxygens (including phenoxy) is 2. The van der Waals surface area contributed by atoms with Crippen LogP contribution in [0.3, 0.4) is 0 Å². The fraction of sp³-hybridized carbons (Fsp3) is 0.421. The number of hydrogen-bond donors (Lipinski definition) is 2. The molecule has 3 N–H and O–H groups in total. The molecule has 0 aliphatic carbocycles. The van der Waals surface area contributed by atoms with Crippen molar-refractivity contribution in [3.05, 3.63) is 35.0 Å². The number of nitrogens with zero attached hydrogens (tertiary/aromatic N) is 3. The summed E-state index contributed by atoms with van der Waals surface area (Å²) >= 11 is 6.06. The number of aromatic nitrogens is 2. The third kappa shape index (κ3) is 6.36. The van der Waals surface area contributed by atoms with E-state index in [1.807, 2.05) is 13.8 Å². The molecular formula is C19H23ClN4O3. The number of hydrogen-bond acceptors (Lipinski definition) is 7. The van der Waals surface area contributed by atoms with Crippen LogP contribution < -0.4 is 10.5 Å². The highest BCUT2D eigenvalue weighted by Crippen LogP contribution is 2.30. The molecule has 0 spiro atoms. The summed E-state index contributed by atoms with van der Waals surface area (Å²) < 4.78 is 10.5. The van der Waals surface area contributed by atoms with Crippen LogP contribution in [0.25, 0.3) is 11.3 Å². The molecule has 0 radical (unpaired) electrons. The molecule has 0 saturated carbocycles. The van der Waals surface area contributed by atoms with Crippen LogP contribution in [0.5, 0.6) is 5.75 Å². The maximum atomic E-state index is 9.21. The number of aliphatic hydroxyl groups excluding tert-OH is 1. The van der Waals surface area contributed by atoms with Gasteiger partial charge in [0.25, 0.3) is 0 Å². The maximum Gasteiger partial charge on any atom is 0.220 e. The number of benzene rings is 1. The van der Waals surface area contributed by atoms with Gasteiger partial charge in [-0.1, -0.05) is 11.6 Å². The van der Waals surface area contributed by atoms with Crippen molar-refractivity contribution in [2.24, 2.45) is 0 Å². The maximum absolute atomic E-state index is 9.21. The average Bonchev–Trinajstić information content (AvgIpc) is 2.65. The van der Waals surface area contributed by atoms with Crippen LogP contribution >= 0.6 is 11.6 Å². The molecule has 27 heavy (non-hydrogen) atoms. The Labute approximate surface area is 163 Å². The Morgan fingerprint density at radius 3 is 2.78 bits per heavy atom. The lowest BCUT2D eigenvalue weighted by Gasteiger charge is -2.15. The zero-order chi connectivity index (χ0) is 19.8. The van der Waals surface area contributed by atoms with Crippen molar-refractivity contribution >= 4 is 17.5 Å². The molecule has 1 saturated heterocycles. The second kappa shape index (κ2) is 10.1. The monoisotopic (exact) mass is 390 g/mol. The quantitative estimate of drug-likeness (QED) is 0.826. The predicted molar refractivity (Wildman–Crippen MR) is 103 cm³/mol. The summed E-state index contributed by atoms with van der Waals surface area (Å²) in [6.07, 6.45) is 3.17. The fourth-order valence-corrected chi connectivity index (χ4v) is 2.63. The van der Waals surface area contributed by atoms with Gasteiger partial charge in [0.15, 0.2) is 0 Å². The molecule has 1 atom stereocenters. The van der Waals surface area contributed by atoms with Gasteiger partial charge < -0.3 is 20.3 Å². The zero-order valence-electron chi connectivity index (χ0n) is 15.4. The van der Waals surface area contributed by atoms with E-state index < -0.39 is 0 Å². The molecular weight excluding hydrogens is 368 g/mol. The van der Waals surface area contributed by atoms with Gasteiger partial charge in [0.05, 0.1) is 41.3 Å². The highest BCUT2D eigenvalue weighted by Gasteiger charge is 2.12. The van der Waals surface area contributed by atoms with Gasteiger partial charge in [-0.25, -0.2) is 9.97 Å². The van der Waals surface area contributed by atoms with E-state index in [9.17, 15) is 5.26 Å². The van der Waals surface area contributed by atoms with Gasteiger partial charge in [-0.2, -0.15) is 5.26 Å². The van der Waals surface area contributed by atoms with E-state index in [4.69, 9.17) is 31.9 Å². The first-order valence-electron chi connectivity index (χ1n) is 8.65. The van der Waals surface area contributed by atoms with E-state index in [-0.39, 0.29) is 18.2 Å².